The zero-order valence-corrected chi connectivity index (χ0v) is 16.7. The fraction of sp³-hybridized carbons (Fsp3) is 0.444. The minimum absolute atomic E-state index is 0.0155. The number of hydrogen-bond acceptors (Lipinski definition) is 8. The molecule has 1 aliphatic rings. The molecule has 0 saturated carbocycles. The highest BCUT2D eigenvalue weighted by molar-refractivity contribution is 8.01. The number of nitrogens with zero attached hydrogens (tertiary/aromatic N) is 3. The van der Waals surface area contributed by atoms with Crippen LogP contribution in [-0.2, 0) is 14.3 Å². The Morgan fingerprint density at radius 2 is 2.15 bits per heavy atom. The largest absolute Gasteiger partial charge is 0.466 e. The number of piperidine rings is 1. The van der Waals surface area contributed by atoms with Crippen LogP contribution in [0, 0.1) is 5.92 Å². The molecule has 2 heterocycles. The Kier molecular flexibility index (Phi) is 7.05. The standard InChI is InChI=1S/C18H22N4O3S2/c1-2-25-16(24)13-7-6-10-22(11-13)15(23)12-26-18-21-20-17(27-18)19-14-8-4-3-5-9-14/h3-5,8-9,13H,2,6-7,10-12H2,1H3,(H,19,20)/t13-/m1/s1. The van der Waals surface area contributed by atoms with Gasteiger partial charge in [-0.1, -0.05) is 41.3 Å². The molecule has 1 atom stereocenters. The number of rotatable bonds is 7. The van der Waals surface area contributed by atoms with Gasteiger partial charge in [-0.3, -0.25) is 9.59 Å². The molecule has 1 fully saturated rings. The predicted molar refractivity (Wildman–Crippen MR) is 106 cm³/mol. The average molecular weight is 407 g/mol. The van der Waals surface area contributed by atoms with Gasteiger partial charge in [0.2, 0.25) is 11.0 Å². The second-order valence-corrected chi connectivity index (χ2v) is 8.28. The number of thioether (sulfide) groups is 1. The molecule has 3 rings (SSSR count). The summed E-state index contributed by atoms with van der Waals surface area (Å²) in [5.41, 5.74) is 0.944. The normalized spacial score (nSPS) is 16.8. The summed E-state index contributed by atoms with van der Waals surface area (Å²) >= 11 is 2.78. The highest BCUT2D eigenvalue weighted by Crippen LogP contribution is 2.28. The van der Waals surface area contributed by atoms with Crippen LogP contribution in [0.2, 0.25) is 0 Å². The zero-order valence-electron chi connectivity index (χ0n) is 15.1. The Morgan fingerprint density at radius 1 is 1.33 bits per heavy atom. The van der Waals surface area contributed by atoms with Crippen molar-refractivity contribution in [2.45, 2.75) is 24.1 Å². The zero-order chi connectivity index (χ0) is 19.1. The molecule has 1 N–H and O–H groups in total. The van der Waals surface area contributed by atoms with Gasteiger partial charge in [0.25, 0.3) is 0 Å². The summed E-state index contributed by atoms with van der Waals surface area (Å²) < 4.78 is 5.82. The number of esters is 1. The fourth-order valence-electron chi connectivity index (χ4n) is 2.83. The van der Waals surface area contributed by atoms with Crippen LogP contribution in [0.3, 0.4) is 0 Å². The molecule has 9 heteroatoms. The Morgan fingerprint density at radius 3 is 2.93 bits per heavy atom. The van der Waals surface area contributed by atoms with Crippen molar-refractivity contribution in [1.29, 1.82) is 0 Å². The molecule has 0 aliphatic carbocycles. The molecule has 1 aliphatic heterocycles. The topological polar surface area (TPSA) is 84.4 Å². The van der Waals surface area contributed by atoms with Crippen molar-refractivity contribution in [3.8, 4) is 0 Å². The van der Waals surface area contributed by atoms with Gasteiger partial charge in [0.1, 0.15) is 0 Å². The number of likely N-dealkylation sites (tertiary alicyclic amines) is 1. The maximum absolute atomic E-state index is 12.5. The van der Waals surface area contributed by atoms with E-state index in [0.717, 1.165) is 22.9 Å². The molecular weight excluding hydrogens is 384 g/mol. The predicted octanol–water partition coefficient (Wildman–Crippen LogP) is 3.18. The first-order valence-corrected chi connectivity index (χ1v) is 10.7. The van der Waals surface area contributed by atoms with E-state index in [1.54, 1.807) is 11.8 Å². The van der Waals surface area contributed by atoms with Gasteiger partial charge in [-0.05, 0) is 31.9 Å². The second kappa shape index (κ2) is 9.70. The summed E-state index contributed by atoms with van der Waals surface area (Å²) in [7, 11) is 0. The minimum atomic E-state index is -0.212. The minimum Gasteiger partial charge on any atom is -0.466 e. The van der Waals surface area contributed by atoms with E-state index in [1.807, 2.05) is 30.3 Å². The summed E-state index contributed by atoms with van der Waals surface area (Å²) in [5.74, 6) is -0.115. The van der Waals surface area contributed by atoms with Crippen LogP contribution in [-0.4, -0.2) is 52.4 Å². The number of ether oxygens (including phenoxy) is 1. The summed E-state index contributed by atoms with van der Waals surface area (Å²) in [6, 6.07) is 9.74. The molecule has 0 unspecified atom stereocenters. The Bertz CT molecular complexity index is 769. The lowest BCUT2D eigenvalue weighted by Crippen LogP contribution is -2.43. The quantitative estimate of drug-likeness (QED) is 0.558. The van der Waals surface area contributed by atoms with Gasteiger partial charge in [-0.15, -0.1) is 10.2 Å². The second-order valence-electron chi connectivity index (χ2n) is 6.08. The molecule has 2 aromatic rings. The smallest absolute Gasteiger partial charge is 0.310 e. The third-order valence-electron chi connectivity index (χ3n) is 4.14. The number of anilines is 2. The maximum atomic E-state index is 12.5. The highest BCUT2D eigenvalue weighted by atomic mass is 32.2. The van der Waals surface area contributed by atoms with Crippen LogP contribution in [0.25, 0.3) is 0 Å². The Labute approximate surface area is 166 Å². The van der Waals surface area contributed by atoms with E-state index < -0.39 is 0 Å². The summed E-state index contributed by atoms with van der Waals surface area (Å²) in [5, 5.41) is 12.1. The number of amides is 1. The number of benzene rings is 1. The summed E-state index contributed by atoms with van der Waals surface area (Å²) in [6.07, 6.45) is 1.60. The van der Waals surface area contributed by atoms with E-state index in [-0.39, 0.29) is 23.5 Å². The van der Waals surface area contributed by atoms with Crippen LogP contribution in [0.1, 0.15) is 19.8 Å². The van der Waals surface area contributed by atoms with E-state index in [9.17, 15) is 9.59 Å². The third kappa shape index (κ3) is 5.67. The molecular formula is C18H22N4O3S2. The maximum Gasteiger partial charge on any atom is 0.310 e. The number of carbonyl (C=O) groups is 2. The Balaban J connectivity index is 1.48. The molecule has 0 bridgehead atoms. The monoisotopic (exact) mass is 406 g/mol. The first kappa shape index (κ1) is 19.6. The van der Waals surface area contributed by atoms with E-state index in [2.05, 4.69) is 15.5 Å². The van der Waals surface area contributed by atoms with E-state index in [1.165, 1.54) is 23.1 Å². The van der Waals surface area contributed by atoms with Crippen molar-refractivity contribution < 1.29 is 14.3 Å². The summed E-state index contributed by atoms with van der Waals surface area (Å²) in [4.78, 5) is 26.2. The van der Waals surface area contributed by atoms with E-state index in [0.29, 0.717) is 24.8 Å². The van der Waals surface area contributed by atoms with Gasteiger partial charge >= 0.3 is 5.97 Å². The van der Waals surface area contributed by atoms with Crippen LogP contribution in [0.5, 0.6) is 0 Å². The van der Waals surface area contributed by atoms with Gasteiger partial charge in [0, 0.05) is 18.8 Å². The first-order chi connectivity index (χ1) is 13.2. The fourth-order valence-corrected chi connectivity index (χ4v) is 4.51. The van der Waals surface area contributed by atoms with Crippen molar-refractivity contribution in [1.82, 2.24) is 15.1 Å². The van der Waals surface area contributed by atoms with E-state index >= 15 is 0 Å². The van der Waals surface area contributed by atoms with Crippen molar-refractivity contribution in [3.05, 3.63) is 30.3 Å². The number of para-hydroxylation sites is 1. The molecule has 27 heavy (non-hydrogen) atoms. The lowest BCUT2D eigenvalue weighted by atomic mass is 9.98. The van der Waals surface area contributed by atoms with Crippen molar-refractivity contribution in [2.75, 3.05) is 30.8 Å². The van der Waals surface area contributed by atoms with Crippen LogP contribution in [0.4, 0.5) is 10.8 Å². The Hall–Kier alpha value is -2.13. The van der Waals surface area contributed by atoms with Crippen molar-refractivity contribution >= 4 is 45.8 Å². The third-order valence-corrected chi connectivity index (χ3v) is 6.10. The molecule has 1 saturated heterocycles. The van der Waals surface area contributed by atoms with Gasteiger partial charge in [-0.2, -0.15) is 0 Å². The van der Waals surface area contributed by atoms with Gasteiger partial charge < -0.3 is 15.0 Å². The number of nitrogens with one attached hydrogen (secondary N) is 1. The molecule has 7 nitrogen and oxygen atoms in total. The van der Waals surface area contributed by atoms with Crippen molar-refractivity contribution in [3.63, 3.8) is 0 Å². The number of aromatic nitrogens is 2. The van der Waals surface area contributed by atoms with Gasteiger partial charge in [0.15, 0.2) is 4.34 Å². The SMILES string of the molecule is CCOC(=O)[C@@H]1CCCN(C(=O)CSc2nnc(Nc3ccccc3)s2)C1. The van der Waals surface area contributed by atoms with Gasteiger partial charge in [-0.25, -0.2) is 0 Å². The lowest BCUT2D eigenvalue weighted by molar-refractivity contribution is -0.151. The van der Waals surface area contributed by atoms with Crippen LogP contribution in [0.15, 0.2) is 34.7 Å². The molecule has 1 aromatic heterocycles. The molecule has 144 valence electrons. The van der Waals surface area contributed by atoms with Gasteiger partial charge in [0.05, 0.1) is 18.3 Å². The first-order valence-electron chi connectivity index (χ1n) is 8.88. The number of hydrogen-bond donors (Lipinski definition) is 1. The van der Waals surface area contributed by atoms with Crippen LogP contribution < -0.4 is 5.32 Å². The summed E-state index contributed by atoms with van der Waals surface area (Å²) in [6.45, 7) is 3.29. The molecule has 1 aromatic carbocycles. The molecule has 0 radical (unpaired) electrons. The lowest BCUT2D eigenvalue weighted by Gasteiger charge is -2.31. The average Bonchev–Trinajstić information content (AvgIpc) is 3.14. The van der Waals surface area contributed by atoms with Crippen LogP contribution >= 0.6 is 23.1 Å². The molecule has 1 amide bonds. The van der Waals surface area contributed by atoms with Crippen molar-refractivity contribution in [2.24, 2.45) is 5.92 Å². The highest BCUT2D eigenvalue weighted by Gasteiger charge is 2.29. The van der Waals surface area contributed by atoms with E-state index in [4.69, 9.17) is 4.74 Å². The number of carbonyl (C=O) groups excluding carboxylic acids is 2. The molecule has 0 spiro atoms.